The third-order valence-corrected chi connectivity index (χ3v) is 4.49. The van der Waals surface area contributed by atoms with Crippen LogP contribution in [-0.4, -0.2) is 5.11 Å². The smallest absolute Gasteiger partial charge is 0.183 e. The van der Waals surface area contributed by atoms with E-state index in [0.29, 0.717) is 10.4 Å². The molecule has 4 heteroatoms. The Bertz CT molecular complexity index is 527. The zero-order valence-electron chi connectivity index (χ0n) is 9.50. The molecular formula is C13H12Br2O2. The van der Waals surface area contributed by atoms with Crippen LogP contribution in [0.2, 0.25) is 0 Å². The van der Waals surface area contributed by atoms with Crippen molar-refractivity contribution in [3.05, 3.63) is 55.9 Å². The molecule has 2 aromatic rings. The summed E-state index contributed by atoms with van der Waals surface area (Å²) in [7, 11) is 0. The van der Waals surface area contributed by atoms with Crippen molar-refractivity contribution in [1.29, 1.82) is 0 Å². The van der Waals surface area contributed by atoms with Gasteiger partial charge in [0.15, 0.2) is 4.67 Å². The number of hydrogen-bond donors (Lipinski definition) is 1. The highest BCUT2D eigenvalue weighted by Gasteiger charge is 2.17. The Morgan fingerprint density at radius 2 is 1.82 bits per heavy atom. The second-order valence-corrected chi connectivity index (χ2v) is 5.59. The molecule has 1 aromatic heterocycles. The van der Waals surface area contributed by atoms with Crippen molar-refractivity contribution in [2.45, 2.75) is 20.0 Å². The molecule has 0 aliphatic rings. The van der Waals surface area contributed by atoms with Gasteiger partial charge in [-0.15, -0.1) is 0 Å². The minimum atomic E-state index is -0.739. The van der Waals surface area contributed by atoms with E-state index in [1.807, 2.05) is 32.0 Å². The van der Waals surface area contributed by atoms with Crippen molar-refractivity contribution in [1.82, 2.24) is 0 Å². The molecule has 2 nitrogen and oxygen atoms in total. The predicted octanol–water partition coefficient (Wildman–Crippen LogP) is 4.50. The Labute approximate surface area is 117 Å². The quantitative estimate of drug-likeness (QED) is 0.856. The molecule has 1 unspecified atom stereocenters. The maximum absolute atomic E-state index is 10.2. The maximum atomic E-state index is 10.2. The normalized spacial score (nSPS) is 12.8. The van der Waals surface area contributed by atoms with E-state index in [9.17, 15) is 5.11 Å². The van der Waals surface area contributed by atoms with Gasteiger partial charge in [-0.3, -0.25) is 0 Å². The van der Waals surface area contributed by atoms with E-state index in [4.69, 9.17) is 4.42 Å². The zero-order valence-corrected chi connectivity index (χ0v) is 12.7. The lowest BCUT2D eigenvalue weighted by molar-refractivity contribution is 0.187. The third kappa shape index (κ3) is 2.64. The van der Waals surface area contributed by atoms with Crippen molar-refractivity contribution in [2.24, 2.45) is 0 Å². The number of aliphatic hydroxyl groups excluding tert-OH is 1. The molecule has 0 bridgehead atoms. The van der Waals surface area contributed by atoms with Crippen LogP contribution in [0.5, 0.6) is 0 Å². The van der Waals surface area contributed by atoms with Crippen molar-refractivity contribution in [2.75, 3.05) is 0 Å². The molecule has 1 N–H and O–H groups in total. The molecule has 1 atom stereocenters. The van der Waals surface area contributed by atoms with Crippen LogP contribution in [0.3, 0.4) is 0 Å². The second kappa shape index (κ2) is 4.96. The van der Waals surface area contributed by atoms with E-state index >= 15 is 0 Å². The molecule has 1 heterocycles. The van der Waals surface area contributed by atoms with Gasteiger partial charge < -0.3 is 9.52 Å². The van der Waals surface area contributed by atoms with Gasteiger partial charge in [0.1, 0.15) is 11.9 Å². The van der Waals surface area contributed by atoms with Gasteiger partial charge in [-0.25, -0.2) is 0 Å². The summed E-state index contributed by atoms with van der Waals surface area (Å²) in [5.41, 5.74) is 3.20. The van der Waals surface area contributed by atoms with Gasteiger partial charge in [0.25, 0.3) is 0 Å². The summed E-state index contributed by atoms with van der Waals surface area (Å²) >= 11 is 6.59. The molecule has 0 radical (unpaired) electrons. The molecule has 90 valence electrons. The van der Waals surface area contributed by atoms with Gasteiger partial charge in [0, 0.05) is 0 Å². The Morgan fingerprint density at radius 1 is 1.12 bits per heavy atom. The summed E-state index contributed by atoms with van der Waals surface area (Å²) in [5.74, 6) is 0.520. The number of aliphatic hydroxyl groups is 1. The van der Waals surface area contributed by atoms with E-state index in [-0.39, 0.29) is 0 Å². The Morgan fingerprint density at radius 3 is 2.35 bits per heavy atom. The first-order chi connectivity index (χ1) is 7.99. The Kier molecular flexibility index (Phi) is 3.76. The van der Waals surface area contributed by atoms with Crippen molar-refractivity contribution in [3.8, 4) is 0 Å². The molecule has 1 aromatic carbocycles. The molecule has 2 rings (SSSR count). The number of hydrogen-bond acceptors (Lipinski definition) is 2. The topological polar surface area (TPSA) is 33.4 Å². The first-order valence-corrected chi connectivity index (χ1v) is 6.77. The molecular weight excluding hydrogens is 348 g/mol. The van der Waals surface area contributed by atoms with E-state index in [1.54, 1.807) is 6.07 Å². The van der Waals surface area contributed by atoms with Gasteiger partial charge in [-0.05, 0) is 68.5 Å². The molecule has 0 fully saturated rings. The van der Waals surface area contributed by atoms with E-state index in [2.05, 4.69) is 31.9 Å². The van der Waals surface area contributed by atoms with E-state index in [0.717, 1.165) is 15.6 Å². The molecule has 0 amide bonds. The molecule has 0 saturated heterocycles. The van der Waals surface area contributed by atoms with E-state index in [1.165, 1.54) is 5.56 Å². The minimum absolute atomic E-state index is 0.520. The number of rotatable bonds is 2. The number of halogens is 2. The summed E-state index contributed by atoms with van der Waals surface area (Å²) in [6.07, 6.45) is -0.739. The van der Waals surface area contributed by atoms with E-state index < -0.39 is 6.10 Å². The second-order valence-electron chi connectivity index (χ2n) is 4.02. The average molecular weight is 360 g/mol. The fourth-order valence-electron chi connectivity index (χ4n) is 1.60. The summed E-state index contributed by atoms with van der Waals surface area (Å²) in [5, 5.41) is 10.2. The lowest BCUT2D eigenvalue weighted by Gasteiger charge is -2.10. The zero-order chi connectivity index (χ0) is 12.6. The third-order valence-electron chi connectivity index (χ3n) is 2.78. The van der Waals surface area contributed by atoms with Crippen LogP contribution >= 0.6 is 31.9 Å². The van der Waals surface area contributed by atoms with Gasteiger partial charge in [-0.1, -0.05) is 18.2 Å². The highest BCUT2D eigenvalue weighted by atomic mass is 79.9. The lowest BCUT2D eigenvalue weighted by Crippen LogP contribution is -1.98. The SMILES string of the molecule is Cc1ccc(C(O)c2cc(Br)c(Br)o2)cc1C. The van der Waals surface area contributed by atoms with Crippen molar-refractivity contribution in [3.63, 3.8) is 0 Å². The fraction of sp³-hybridized carbons (Fsp3) is 0.231. The van der Waals surface area contributed by atoms with Gasteiger partial charge in [-0.2, -0.15) is 0 Å². The van der Waals surface area contributed by atoms with Crippen LogP contribution in [0, 0.1) is 13.8 Å². The lowest BCUT2D eigenvalue weighted by atomic mass is 10.0. The number of aryl methyl sites for hydroxylation is 2. The van der Waals surface area contributed by atoms with Crippen LogP contribution in [0.4, 0.5) is 0 Å². The average Bonchev–Trinajstić information content (AvgIpc) is 2.62. The first-order valence-electron chi connectivity index (χ1n) is 5.19. The van der Waals surface area contributed by atoms with Gasteiger partial charge >= 0.3 is 0 Å². The summed E-state index contributed by atoms with van der Waals surface area (Å²) in [4.78, 5) is 0. The largest absolute Gasteiger partial charge is 0.450 e. The van der Waals surface area contributed by atoms with Crippen LogP contribution in [-0.2, 0) is 0 Å². The van der Waals surface area contributed by atoms with Crippen LogP contribution in [0.25, 0.3) is 0 Å². The van der Waals surface area contributed by atoms with Crippen LogP contribution < -0.4 is 0 Å². The molecule has 0 aliphatic heterocycles. The maximum Gasteiger partial charge on any atom is 0.183 e. The van der Waals surface area contributed by atoms with Crippen LogP contribution in [0.15, 0.2) is 37.8 Å². The van der Waals surface area contributed by atoms with Gasteiger partial charge in [0.05, 0.1) is 4.47 Å². The molecule has 0 aliphatic carbocycles. The van der Waals surface area contributed by atoms with Crippen molar-refractivity contribution >= 4 is 31.9 Å². The monoisotopic (exact) mass is 358 g/mol. The van der Waals surface area contributed by atoms with Gasteiger partial charge in [0.2, 0.25) is 0 Å². The Balaban J connectivity index is 2.36. The Hall–Kier alpha value is -0.580. The first kappa shape index (κ1) is 12.9. The molecule has 0 spiro atoms. The highest BCUT2D eigenvalue weighted by molar-refractivity contribution is 9.13. The fourth-order valence-corrected chi connectivity index (χ4v) is 2.20. The minimum Gasteiger partial charge on any atom is -0.450 e. The standard InChI is InChI=1S/C13H12Br2O2/c1-7-3-4-9(5-8(7)2)12(16)11-6-10(14)13(15)17-11/h3-6,12,16H,1-2H3. The molecule has 0 saturated carbocycles. The number of benzene rings is 1. The summed E-state index contributed by atoms with van der Waals surface area (Å²) in [6.45, 7) is 4.07. The van der Waals surface area contributed by atoms with Crippen molar-refractivity contribution < 1.29 is 9.52 Å². The highest BCUT2D eigenvalue weighted by Crippen LogP contribution is 2.32. The van der Waals surface area contributed by atoms with Crippen LogP contribution in [0.1, 0.15) is 28.6 Å². The molecule has 17 heavy (non-hydrogen) atoms. The predicted molar refractivity (Wildman–Crippen MR) is 74.1 cm³/mol. The summed E-state index contributed by atoms with van der Waals surface area (Å²) in [6, 6.07) is 7.66. The summed E-state index contributed by atoms with van der Waals surface area (Å²) < 4.78 is 6.81. The number of furan rings is 1.